The summed E-state index contributed by atoms with van der Waals surface area (Å²) in [7, 11) is 0. The highest BCUT2D eigenvalue weighted by atomic mass is 16.8. The molecule has 0 spiro atoms. The van der Waals surface area contributed by atoms with Crippen LogP contribution in [0.5, 0.6) is 0 Å². The Morgan fingerprint density at radius 1 is 0.398 bits per heavy atom. The van der Waals surface area contributed by atoms with Gasteiger partial charge in [0.1, 0.15) is 122 Å². The predicted octanol–water partition coefficient (Wildman–Crippen LogP) is -0.392. The molecular weight excluding hydrogens is 1290 g/mol. The number of rotatable bonds is 48. The molecule has 5 heterocycles. The van der Waals surface area contributed by atoms with Crippen LogP contribution in [0.2, 0.25) is 0 Å². The fraction of sp³-hybridized carbons (Fsp3) is 0.941. The number of unbranched alkanes of at least 4 members (excludes halogenated alkanes) is 25. The maximum absolute atomic E-state index is 13.5. The summed E-state index contributed by atoms with van der Waals surface area (Å²) >= 11 is 0. The highest BCUT2D eigenvalue weighted by Gasteiger charge is 2.57. The van der Waals surface area contributed by atoms with Crippen molar-refractivity contribution in [3.05, 3.63) is 12.2 Å². The second kappa shape index (κ2) is 47.2. The van der Waals surface area contributed by atoms with Gasteiger partial charge in [-0.05, 0) is 19.3 Å². The van der Waals surface area contributed by atoms with Crippen LogP contribution in [0.25, 0.3) is 0 Å². The Morgan fingerprint density at radius 3 is 1.20 bits per heavy atom. The van der Waals surface area contributed by atoms with Gasteiger partial charge in [0.15, 0.2) is 31.5 Å². The maximum Gasteiger partial charge on any atom is 0.220 e. The van der Waals surface area contributed by atoms with Gasteiger partial charge < -0.3 is 140 Å². The second-order valence-electron chi connectivity index (χ2n) is 27.1. The Bertz CT molecular complexity index is 2150. The van der Waals surface area contributed by atoms with E-state index in [0.717, 1.165) is 58.3 Å². The third-order valence-corrected chi connectivity index (χ3v) is 19.2. The molecule has 0 radical (unpaired) electrons. The van der Waals surface area contributed by atoms with Crippen LogP contribution in [-0.4, -0.2) is 299 Å². The van der Waals surface area contributed by atoms with Gasteiger partial charge in [0.25, 0.3) is 0 Å². The van der Waals surface area contributed by atoms with Crippen LogP contribution < -0.4 is 10.6 Å². The highest BCUT2D eigenvalue weighted by molar-refractivity contribution is 5.76. The summed E-state index contributed by atoms with van der Waals surface area (Å²) in [5.41, 5.74) is 0. The zero-order valence-electron chi connectivity index (χ0n) is 57.8. The van der Waals surface area contributed by atoms with Crippen LogP contribution in [0.3, 0.4) is 0 Å². The van der Waals surface area contributed by atoms with E-state index in [0.29, 0.717) is 12.8 Å². The Labute approximate surface area is 577 Å². The number of aliphatic hydroxyl groups is 16. The van der Waals surface area contributed by atoms with Crippen molar-refractivity contribution in [3.63, 3.8) is 0 Å². The molecular formula is C68H124N2O28. The standard InChI is InChI=1S/C68H124N2O28/c1-4-6-8-10-12-14-16-18-19-21-23-25-27-29-31-33-48(78)70-41(42(77)32-30-28-26-24-22-20-17-15-13-11-9-7-5-2)39-89-65-57(86)55(84)60(47(38-75)94-65)95-67-58(87)62(52(81)45(36-73)92-67)97-64-49(69-40(3)76)61(51(80)44(35-72)90-64)96-68-59(88)63(53(82)46(37-74)93-68)98-66-56(85)54(83)50(79)43(34-71)91-66/h30,32,41-47,49-68,71-75,77,79-88H,4-29,31,33-39H2,1-3H3,(H,69,76)(H,70,78)/b32-30+/t41-,42+,43?,44?,45?,46?,47?,49?,50-,51+,52-,53-,54-,55+,56?,57?,58?,59?,60+,61+,62-,63-,64-,65+,66+,67-,68-/m0/s1. The maximum atomic E-state index is 13.5. The minimum absolute atomic E-state index is 0.189. The molecule has 30 nitrogen and oxygen atoms in total. The van der Waals surface area contributed by atoms with Gasteiger partial charge in [-0.15, -0.1) is 0 Å². The van der Waals surface area contributed by atoms with Crippen LogP contribution in [0.15, 0.2) is 12.2 Å². The number of hydrogen-bond acceptors (Lipinski definition) is 28. The molecule has 18 N–H and O–H groups in total. The van der Waals surface area contributed by atoms with E-state index in [-0.39, 0.29) is 12.3 Å². The first-order valence-corrected chi connectivity index (χ1v) is 36.5. The number of hydrogen-bond donors (Lipinski definition) is 18. The normalized spacial score (nSPS) is 36.1. The number of ether oxygens (including phenoxy) is 10. The molecule has 5 aliphatic heterocycles. The summed E-state index contributed by atoms with van der Waals surface area (Å²) < 4.78 is 58.5. The molecule has 2 amide bonds. The van der Waals surface area contributed by atoms with Crippen molar-refractivity contribution in [1.82, 2.24) is 10.6 Å². The van der Waals surface area contributed by atoms with Crippen molar-refractivity contribution in [2.75, 3.05) is 39.6 Å². The molecule has 10 unspecified atom stereocenters. The average molecular weight is 1420 g/mol. The van der Waals surface area contributed by atoms with E-state index in [1.54, 1.807) is 6.08 Å². The molecule has 0 aromatic carbocycles. The Balaban J connectivity index is 1.23. The van der Waals surface area contributed by atoms with Crippen LogP contribution >= 0.6 is 0 Å². The van der Waals surface area contributed by atoms with Gasteiger partial charge in [-0.25, -0.2) is 0 Å². The number of carbonyl (C=O) groups excluding carboxylic acids is 2. The van der Waals surface area contributed by atoms with E-state index in [9.17, 15) is 91.3 Å². The fourth-order valence-corrected chi connectivity index (χ4v) is 13.2. The summed E-state index contributed by atoms with van der Waals surface area (Å²) in [6, 6.07) is -2.83. The number of carbonyl (C=O) groups is 2. The highest BCUT2D eigenvalue weighted by Crippen LogP contribution is 2.37. The molecule has 5 saturated heterocycles. The van der Waals surface area contributed by atoms with Crippen molar-refractivity contribution in [3.8, 4) is 0 Å². The van der Waals surface area contributed by atoms with Gasteiger partial charge in [-0.1, -0.05) is 180 Å². The molecule has 0 aromatic rings. The summed E-state index contributed by atoms with van der Waals surface area (Å²) in [4.78, 5) is 26.4. The average Bonchev–Trinajstić information content (AvgIpc) is 0.771. The van der Waals surface area contributed by atoms with Crippen molar-refractivity contribution in [2.45, 2.75) is 366 Å². The first-order valence-electron chi connectivity index (χ1n) is 36.5. The minimum atomic E-state index is -2.18. The van der Waals surface area contributed by atoms with Crippen LogP contribution in [0, 0.1) is 0 Å². The van der Waals surface area contributed by atoms with E-state index < -0.39 is 211 Å². The Morgan fingerprint density at radius 2 is 0.755 bits per heavy atom. The molecule has 30 heteroatoms. The van der Waals surface area contributed by atoms with E-state index in [2.05, 4.69) is 24.5 Å². The number of amides is 2. The molecule has 98 heavy (non-hydrogen) atoms. The van der Waals surface area contributed by atoms with E-state index in [1.165, 1.54) is 109 Å². The van der Waals surface area contributed by atoms with Crippen LogP contribution in [0.1, 0.15) is 201 Å². The zero-order valence-corrected chi connectivity index (χ0v) is 57.8. The molecule has 0 saturated carbocycles. The molecule has 0 aliphatic carbocycles. The molecule has 0 bridgehead atoms. The van der Waals surface area contributed by atoms with Crippen molar-refractivity contribution in [2.24, 2.45) is 0 Å². The molecule has 5 fully saturated rings. The molecule has 5 rings (SSSR count). The fourth-order valence-electron chi connectivity index (χ4n) is 13.2. The smallest absolute Gasteiger partial charge is 0.220 e. The van der Waals surface area contributed by atoms with Crippen LogP contribution in [0.4, 0.5) is 0 Å². The number of allylic oxidation sites excluding steroid dienone is 1. The van der Waals surface area contributed by atoms with Gasteiger partial charge in [0.05, 0.1) is 51.8 Å². The molecule has 574 valence electrons. The summed E-state index contributed by atoms with van der Waals surface area (Å²) in [5.74, 6) is -1.18. The van der Waals surface area contributed by atoms with Gasteiger partial charge in [0, 0.05) is 13.3 Å². The second-order valence-corrected chi connectivity index (χ2v) is 27.1. The summed E-state index contributed by atoms with van der Waals surface area (Å²) in [6.07, 6.45) is -11.9. The monoisotopic (exact) mass is 1420 g/mol. The molecule has 5 aliphatic rings. The van der Waals surface area contributed by atoms with Crippen molar-refractivity contribution < 1.29 is 139 Å². The largest absolute Gasteiger partial charge is 0.394 e. The molecule has 27 atom stereocenters. The van der Waals surface area contributed by atoms with Gasteiger partial charge in [0.2, 0.25) is 11.8 Å². The lowest BCUT2D eigenvalue weighted by Crippen LogP contribution is -2.70. The zero-order chi connectivity index (χ0) is 71.7. The lowest BCUT2D eigenvalue weighted by molar-refractivity contribution is -0.386. The third kappa shape index (κ3) is 27.0. The number of aliphatic hydroxyl groups excluding tert-OH is 16. The first kappa shape index (κ1) is 86.3. The third-order valence-electron chi connectivity index (χ3n) is 19.2. The topological polar surface area (TPSA) is 474 Å². The van der Waals surface area contributed by atoms with E-state index >= 15 is 0 Å². The van der Waals surface area contributed by atoms with E-state index in [4.69, 9.17) is 47.4 Å². The Kier molecular flexibility index (Phi) is 41.5. The van der Waals surface area contributed by atoms with Crippen LogP contribution in [-0.2, 0) is 57.0 Å². The van der Waals surface area contributed by atoms with Gasteiger partial charge in [-0.3, -0.25) is 9.59 Å². The Hall–Kier alpha value is -2.36. The predicted molar refractivity (Wildman–Crippen MR) is 350 cm³/mol. The summed E-state index contributed by atoms with van der Waals surface area (Å²) in [5, 5.41) is 181. The minimum Gasteiger partial charge on any atom is -0.394 e. The van der Waals surface area contributed by atoms with Crippen molar-refractivity contribution >= 4 is 11.8 Å². The lowest BCUT2D eigenvalue weighted by atomic mass is 9.94. The van der Waals surface area contributed by atoms with Crippen molar-refractivity contribution in [1.29, 1.82) is 0 Å². The van der Waals surface area contributed by atoms with Gasteiger partial charge in [-0.2, -0.15) is 0 Å². The summed E-state index contributed by atoms with van der Waals surface area (Å²) in [6.45, 7) is 0.280. The van der Waals surface area contributed by atoms with E-state index in [1.807, 2.05) is 6.08 Å². The van der Waals surface area contributed by atoms with Gasteiger partial charge >= 0.3 is 0 Å². The molecule has 0 aromatic heterocycles. The number of nitrogens with one attached hydrogen (secondary N) is 2. The first-order chi connectivity index (χ1) is 47.2. The SMILES string of the molecule is CCCCCCCCCCCCC/C=C/[C@@H](O)[C@H](CO[C@@H]1OC(CO)[C@@H](O[C@@H]2OC(CO)[C@H](O)[C@H](O[C@@H]3OC(CO)[C@@H](O)[C@H](O[C@@H]4OC(CO)[C@H](O)[C@H](O[C@H]5OC(CO)[C@H](O)[C@H](O)C5O)C4O)C3NC(C)=O)C2O)[C@H](O)C1O)NC(=O)CCCCCCCCCCCCCCCCC. The lowest BCUT2D eigenvalue weighted by Gasteiger charge is -2.50. The quantitative estimate of drug-likeness (QED) is 0.0272.